The van der Waals surface area contributed by atoms with E-state index < -0.39 is 0 Å². The molecule has 194 valence electrons. The van der Waals surface area contributed by atoms with Gasteiger partial charge in [-0.25, -0.2) is 9.97 Å². The predicted molar refractivity (Wildman–Crippen MR) is 167 cm³/mol. The summed E-state index contributed by atoms with van der Waals surface area (Å²) in [6.07, 6.45) is 0. The molecule has 0 N–H and O–H groups in total. The molecular weight excluding hydrogens is 502 g/mol. The van der Waals surface area contributed by atoms with E-state index in [0.29, 0.717) is 5.95 Å². The van der Waals surface area contributed by atoms with Crippen molar-refractivity contribution in [3.8, 4) is 28.5 Å². The van der Waals surface area contributed by atoms with Crippen molar-refractivity contribution in [3.63, 3.8) is 0 Å². The second-order valence-corrected chi connectivity index (χ2v) is 11.4. The van der Waals surface area contributed by atoms with Crippen LogP contribution >= 0.6 is 0 Å². The van der Waals surface area contributed by atoms with E-state index in [-0.39, 0.29) is 5.41 Å². The van der Waals surface area contributed by atoms with Gasteiger partial charge in [0.1, 0.15) is 11.3 Å². The molecule has 0 fully saturated rings. The predicted octanol–water partition coefficient (Wildman–Crippen LogP) is 9.45. The van der Waals surface area contributed by atoms with Gasteiger partial charge in [0.15, 0.2) is 0 Å². The van der Waals surface area contributed by atoms with Crippen molar-refractivity contribution in [1.29, 1.82) is 0 Å². The van der Waals surface area contributed by atoms with Crippen LogP contribution in [-0.4, -0.2) is 14.5 Å². The lowest BCUT2D eigenvalue weighted by Crippen LogP contribution is -2.14. The van der Waals surface area contributed by atoms with Crippen molar-refractivity contribution >= 4 is 43.7 Å². The van der Waals surface area contributed by atoms with Gasteiger partial charge in [0.2, 0.25) is 5.95 Å². The van der Waals surface area contributed by atoms with Gasteiger partial charge in [0.05, 0.1) is 27.6 Å². The normalized spacial score (nSPS) is 13.8. The highest BCUT2D eigenvalue weighted by molar-refractivity contribution is 6.21. The Balaban J connectivity index is 1.40. The van der Waals surface area contributed by atoms with Gasteiger partial charge in [0.25, 0.3) is 0 Å². The zero-order valence-corrected chi connectivity index (χ0v) is 22.7. The van der Waals surface area contributed by atoms with Crippen molar-refractivity contribution in [2.45, 2.75) is 19.3 Å². The molecule has 1 aliphatic carbocycles. The van der Waals surface area contributed by atoms with E-state index in [2.05, 4.69) is 115 Å². The van der Waals surface area contributed by atoms with E-state index in [4.69, 9.17) is 14.4 Å². The fourth-order valence-corrected chi connectivity index (χ4v) is 6.97. The molecule has 3 aromatic heterocycles. The molecule has 41 heavy (non-hydrogen) atoms. The van der Waals surface area contributed by atoms with Crippen LogP contribution in [0.15, 0.2) is 120 Å². The maximum absolute atomic E-state index is 6.85. The number of aromatic nitrogens is 3. The van der Waals surface area contributed by atoms with Crippen LogP contribution in [0.4, 0.5) is 0 Å². The number of rotatable bonds is 2. The van der Waals surface area contributed by atoms with Gasteiger partial charge in [-0.2, -0.15) is 0 Å². The fourth-order valence-electron chi connectivity index (χ4n) is 6.97. The van der Waals surface area contributed by atoms with Gasteiger partial charge >= 0.3 is 0 Å². The van der Waals surface area contributed by atoms with Gasteiger partial charge < -0.3 is 4.42 Å². The van der Waals surface area contributed by atoms with E-state index in [0.717, 1.165) is 55.3 Å². The number of para-hydroxylation sites is 2. The molecule has 9 rings (SSSR count). The molecule has 0 spiro atoms. The standard InChI is InChI=1S/C37H25N3O/c1-37(2)27-17-9-6-14-23(27)35-32(37)26-20-21-30-31(34(26)41-35)25-16-8-11-19-29(25)40(30)36-38-28-18-10-7-15-24(28)33(39-36)22-12-4-3-5-13-22/h3-21H,1-2H3. The lowest BCUT2D eigenvalue weighted by atomic mass is 9.81. The number of furan rings is 1. The summed E-state index contributed by atoms with van der Waals surface area (Å²) in [6.45, 7) is 4.60. The van der Waals surface area contributed by atoms with Crippen LogP contribution < -0.4 is 0 Å². The summed E-state index contributed by atoms with van der Waals surface area (Å²) >= 11 is 0. The van der Waals surface area contributed by atoms with E-state index in [1.807, 2.05) is 18.2 Å². The molecule has 4 nitrogen and oxygen atoms in total. The zero-order valence-electron chi connectivity index (χ0n) is 22.7. The van der Waals surface area contributed by atoms with Crippen molar-refractivity contribution in [2.75, 3.05) is 0 Å². The molecule has 0 saturated carbocycles. The van der Waals surface area contributed by atoms with Crippen molar-refractivity contribution in [2.24, 2.45) is 0 Å². The maximum Gasteiger partial charge on any atom is 0.235 e. The Bertz CT molecular complexity index is 2340. The van der Waals surface area contributed by atoms with E-state index >= 15 is 0 Å². The first-order valence-electron chi connectivity index (χ1n) is 14.0. The highest BCUT2D eigenvalue weighted by atomic mass is 16.3. The first-order valence-corrected chi connectivity index (χ1v) is 14.0. The second-order valence-electron chi connectivity index (χ2n) is 11.4. The van der Waals surface area contributed by atoms with E-state index in [9.17, 15) is 0 Å². The number of benzene rings is 5. The molecule has 0 atom stereocenters. The average Bonchev–Trinajstić information content (AvgIpc) is 3.64. The molecule has 3 heterocycles. The van der Waals surface area contributed by atoms with Gasteiger partial charge in [-0.3, -0.25) is 4.57 Å². The summed E-state index contributed by atoms with van der Waals surface area (Å²) in [6, 6.07) is 40.2. The summed E-state index contributed by atoms with van der Waals surface area (Å²) < 4.78 is 9.04. The molecule has 5 aromatic carbocycles. The van der Waals surface area contributed by atoms with Crippen LogP contribution in [-0.2, 0) is 5.41 Å². The summed E-state index contributed by atoms with van der Waals surface area (Å²) in [7, 11) is 0. The van der Waals surface area contributed by atoms with Crippen LogP contribution in [0.25, 0.3) is 72.2 Å². The Morgan fingerprint density at radius 1 is 0.634 bits per heavy atom. The topological polar surface area (TPSA) is 43.9 Å². The Hall–Kier alpha value is -5.22. The quantitative estimate of drug-likeness (QED) is 0.225. The van der Waals surface area contributed by atoms with Crippen LogP contribution in [0.3, 0.4) is 0 Å². The van der Waals surface area contributed by atoms with Crippen LogP contribution in [0, 0.1) is 0 Å². The van der Waals surface area contributed by atoms with E-state index in [1.165, 1.54) is 22.1 Å². The monoisotopic (exact) mass is 527 g/mol. The smallest absolute Gasteiger partial charge is 0.235 e. The van der Waals surface area contributed by atoms with Crippen LogP contribution in [0.1, 0.15) is 25.0 Å². The average molecular weight is 528 g/mol. The third-order valence-electron chi connectivity index (χ3n) is 8.80. The highest BCUT2D eigenvalue weighted by Gasteiger charge is 2.40. The first kappa shape index (κ1) is 22.6. The number of hydrogen-bond donors (Lipinski definition) is 0. The summed E-state index contributed by atoms with van der Waals surface area (Å²) in [5, 5.41) is 4.43. The molecule has 0 radical (unpaired) electrons. The molecule has 0 amide bonds. The Morgan fingerprint density at radius 2 is 1.37 bits per heavy atom. The molecule has 0 aliphatic heterocycles. The van der Waals surface area contributed by atoms with Crippen molar-refractivity contribution < 1.29 is 4.42 Å². The Kier molecular flexibility index (Phi) is 4.36. The molecule has 0 unspecified atom stereocenters. The van der Waals surface area contributed by atoms with Gasteiger partial charge in [0, 0.05) is 38.3 Å². The minimum absolute atomic E-state index is 0.144. The molecular formula is C37H25N3O. The first-order chi connectivity index (χ1) is 20.1. The lowest BCUT2D eigenvalue weighted by Gasteiger charge is -2.20. The summed E-state index contributed by atoms with van der Waals surface area (Å²) in [5.41, 5.74) is 9.55. The van der Waals surface area contributed by atoms with Gasteiger partial charge in [-0.1, -0.05) is 105 Å². The van der Waals surface area contributed by atoms with E-state index in [1.54, 1.807) is 0 Å². The molecule has 4 heteroatoms. The third-order valence-corrected chi connectivity index (χ3v) is 8.80. The van der Waals surface area contributed by atoms with Crippen LogP contribution in [0.5, 0.6) is 0 Å². The van der Waals surface area contributed by atoms with Gasteiger partial charge in [-0.15, -0.1) is 0 Å². The largest absolute Gasteiger partial charge is 0.455 e. The molecule has 1 aliphatic rings. The number of fused-ring (bicyclic) bond motifs is 10. The highest BCUT2D eigenvalue weighted by Crippen LogP contribution is 2.54. The summed E-state index contributed by atoms with van der Waals surface area (Å²) in [5.74, 6) is 1.64. The Labute approximate surface area is 236 Å². The minimum atomic E-state index is -0.144. The SMILES string of the molecule is CC1(C)c2ccccc2-c2oc3c(ccc4c3c3ccccc3n4-c3nc(-c4ccccc4)c4ccccc4n3)c21. The molecule has 0 bridgehead atoms. The third kappa shape index (κ3) is 2.94. The zero-order chi connectivity index (χ0) is 27.3. The van der Waals surface area contributed by atoms with Crippen molar-refractivity contribution in [1.82, 2.24) is 14.5 Å². The molecule has 0 saturated heterocycles. The lowest BCUT2D eigenvalue weighted by molar-refractivity contribution is 0.622. The second kappa shape index (κ2) is 7.92. The minimum Gasteiger partial charge on any atom is -0.455 e. The van der Waals surface area contributed by atoms with Gasteiger partial charge in [-0.05, 0) is 29.8 Å². The molecule has 8 aromatic rings. The number of hydrogen-bond acceptors (Lipinski definition) is 3. The van der Waals surface area contributed by atoms with Crippen LogP contribution in [0.2, 0.25) is 0 Å². The Morgan fingerprint density at radius 3 is 2.24 bits per heavy atom. The van der Waals surface area contributed by atoms with Crippen molar-refractivity contribution in [3.05, 3.63) is 126 Å². The summed E-state index contributed by atoms with van der Waals surface area (Å²) in [4.78, 5) is 10.3. The maximum atomic E-state index is 6.85. The number of nitrogens with zero attached hydrogens (tertiary/aromatic N) is 3. The fraction of sp³-hybridized carbons (Fsp3) is 0.0811.